The minimum atomic E-state index is 0.683. The molecule has 210 valence electrons. The van der Waals surface area contributed by atoms with E-state index in [2.05, 4.69) is 26.1 Å². The SMILES string of the molecule is CCCCCCCCCCCCNCCCCC1CCC2C3CCC4CCCCC4(C)C3CCC12C. The van der Waals surface area contributed by atoms with Gasteiger partial charge in [-0.3, -0.25) is 0 Å². The molecule has 4 aliphatic rings. The van der Waals surface area contributed by atoms with E-state index >= 15 is 0 Å². The summed E-state index contributed by atoms with van der Waals surface area (Å²) >= 11 is 0. The Balaban J connectivity index is 1.06. The van der Waals surface area contributed by atoms with Gasteiger partial charge in [-0.1, -0.05) is 97.8 Å². The number of fused-ring (bicyclic) bond motifs is 5. The van der Waals surface area contributed by atoms with E-state index in [1.165, 1.54) is 109 Å². The summed E-state index contributed by atoms with van der Waals surface area (Å²) in [5.74, 6) is 5.32. The monoisotopic (exact) mass is 500 g/mol. The van der Waals surface area contributed by atoms with Crippen LogP contribution in [0.5, 0.6) is 0 Å². The molecule has 7 unspecified atom stereocenters. The summed E-state index contributed by atoms with van der Waals surface area (Å²) in [6, 6.07) is 0. The largest absolute Gasteiger partial charge is 0.317 e. The molecule has 1 heteroatoms. The summed E-state index contributed by atoms with van der Waals surface area (Å²) in [6.45, 7) is 10.3. The van der Waals surface area contributed by atoms with Gasteiger partial charge in [-0.15, -0.1) is 0 Å². The molecule has 1 nitrogen and oxygen atoms in total. The van der Waals surface area contributed by atoms with Gasteiger partial charge in [0.25, 0.3) is 0 Å². The third-order valence-electron chi connectivity index (χ3n) is 12.6. The van der Waals surface area contributed by atoms with Crippen molar-refractivity contribution < 1.29 is 0 Å². The van der Waals surface area contributed by atoms with Crippen molar-refractivity contribution in [1.29, 1.82) is 0 Å². The van der Waals surface area contributed by atoms with Crippen molar-refractivity contribution in [3.05, 3.63) is 0 Å². The molecule has 0 heterocycles. The van der Waals surface area contributed by atoms with Gasteiger partial charge in [0.05, 0.1) is 0 Å². The van der Waals surface area contributed by atoms with E-state index < -0.39 is 0 Å². The zero-order valence-electron chi connectivity index (χ0n) is 25.1. The van der Waals surface area contributed by atoms with E-state index in [4.69, 9.17) is 0 Å². The molecular weight excluding hydrogens is 434 g/mol. The van der Waals surface area contributed by atoms with Gasteiger partial charge in [-0.05, 0) is 124 Å². The molecule has 1 N–H and O–H groups in total. The third kappa shape index (κ3) is 6.93. The van der Waals surface area contributed by atoms with E-state index in [0.29, 0.717) is 10.8 Å². The first-order valence-electron chi connectivity index (χ1n) is 17.3. The van der Waals surface area contributed by atoms with Crippen molar-refractivity contribution in [2.24, 2.45) is 40.4 Å². The summed E-state index contributed by atoms with van der Waals surface area (Å²) in [5, 5.41) is 3.77. The molecule has 36 heavy (non-hydrogen) atoms. The van der Waals surface area contributed by atoms with Crippen LogP contribution >= 0.6 is 0 Å². The van der Waals surface area contributed by atoms with Gasteiger partial charge < -0.3 is 5.32 Å². The Bertz CT molecular complexity index is 614. The predicted octanol–water partition coefficient (Wildman–Crippen LogP) is 10.7. The third-order valence-corrected chi connectivity index (χ3v) is 12.6. The molecule has 0 aromatic heterocycles. The Hall–Kier alpha value is -0.0400. The lowest BCUT2D eigenvalue weighted by atomic mass is 9.45. The first-order chi connectivity index (χ1) is 17.6. The van der Waals surface area contributed by atoms with Crippen molar-refractivity contribution in [2.45, 2.75) is 168 Å². The van der Waals surface area contributed by atoms with Gasteiger partial charge in [0, 0.05) is 0 Å². The smallest absolute Gasteiger partial charge is 0.00489 e. The standard InChI is InChI=1S/C35H65N/c1-4-5-6-7-8-9-10-11-12-16-27-36-28-17-14-19-30-21-23-32-31-22-20-29-18-13-15-25-34(29,2)33(31)24-26-35(30,32)3/h29-33,36H,4-28H2,1-3H3. The zero-order chi connectivity index (χ0) is 25.3. The number of unbranched alkanes of at least 4 members (excludes halogenated alkanes) is 10. The van der Waals surface area contributed by atoms with Crippen LogP contribution in [0.25, 0.3) is 0 Å². The first kappa shape index (κ1) is 29.0. The average molecular weight is 500 g/mol. The molecule has 4 rings (SSSR count). The van der Waals surface area contributed by atoms with Gasteiger partial charge in [0.15, 0.2) is 0 Å². The van der Waals surface area contributed by atoms with Gasteiger partial charge in [0.1, 0.15) is 0 Å². The molecule has 0 aromatic carbocycles. The molecule has 4 aliphatic carbocycles. The van der Waals surface area contributed by atoms with Crippen LogP contribution in [0.1, 0.15) is 168 Å². The highest BCUT2D eigenvalue weighted by molar-refractivity contribution is 5.08. The molecule has 0 spiro atoms. The average Bonchev–Trinajstić information content (AvgIpc) is 3.22. The van der Waals surface area contributed by atoms with Gasteiger partial charge in [0.2, 0.25) is 0 Å². The lowest BCUT2D eigenvalue weighted by molar-refractivity contribution is -0.111. The van der Waals surface area contributed by atoms with E-state index in [-0.39, 0.29) is 0 Å². The second kappa shape index (κ2) is 14.4. The Morgan fingerprint density at radius 3 is 2.00 bits per heavy atom. The summed E-state index contributed by atoms with van der Waals surface area (Å²) in [5.41, 5.74) is 1.39. The highest BCUT2D eigenvalue weighted by Crippen LogP contribution is 2.67. The second-order valence-corrected chi connectivity index (χ2v) is 14.6. The van der Waals surface area contributed by atoms with Crippen LogP contribution in [0, 0.1) is 40.4 Å². The highest BCUT2D eigenvalue weighted by atomic mass is 14.8. The van der Waals surface area contributed by atoms with Crippen LogP contribution in [0.2, 0.25) is 0 Å². The van der Waals surface area contributed by atoms with Crippen LogP contribution in [-0.4, -0.2) is 13.1 Å². The van der Waals surface area contributed by atoms with Gasteiger partial charge in [-0.2, -0.15) is 0 Å². The fourth-order valence-electron chi connectivity index (χ4n) is 10.4. The maximum atomic E-state index is 3.77. The Labute approximate surface area is 227 Å². The Kier molecular flexibility index (Phi) is 11.6. The minimum Gasteiger partial charge on any atom is -0.317 e. The molecule has 0 aromatic rings. The maximum absolute atomic E-state index is 3.77. The number of nitrogens with one attached hydrogen (secondary N) is 1. The number of hydrogen-bond acceptors (Lipinski definition) is 1. The molecular formula is C35H65N. The first-order valence-corrected chi connectivity index (χ1v) is 17.3. The van der Waals surface area contributed by atoms with Crippen molar-refractivity contribution in [2.75, 3.05) is 13.1 Å². The summed E-state index contributed by atoms with van der Waals surface area (Å²) < 4.78 is 0. The Morgan fingerprint density at radius 1 is 0.583 bits per heavy atom. The summed E-state index contributed by atoms with van der Waals surface area (Å²) in [7, 11) is 0. The van der Waals surface area contributed by atoms with E-state index in [1.807, 2.05) is 0 Å². The molecule has 4 fully saturated rings. The molecule has 0 aliphatic heterocycles. The zero-order valence-corrected chi connectivity index (χ0v) is 25.1. The van der Waals surface area contributed by atoms with Crippen LogP contribution in [0.4, 0.5) is 0 Å². The second-order valence-electron chi connectivity index (χ2n) is 14.6. The number of rotatable bonds is 16. The highest BCUT2D eigenvalue weighted by Gasteiger charge is 2.59. The normalized spacial score (nSPS) is 37.9. The molecule has 0 radical (unpaired) electrons. The van der Waals surface area contributed by atoms with Crippen LogP contribution in [0.15, 0.2) is 0 Å². The van der Waals surface area contributed by atoms with Gasteiger partial charge in [-0.25, -0.2) is 0 Å². The van der Waals surface area contributed by atoms with E-state index in [0.717, 1.165) is 29.6 Å². The lowest BCUT2D eigenvalue weighted by Gasteiger charge is -2.60. The van der Waals surface area contributed by atoms with E-state index in [9.17, 15) is 0 Å². The molecule has 0 bridgehead atoms. The Morgan fingerprint density at radius 2 is 1.25 bits per heavy atom. The fourth-order valence-corrected chi connectivity index (χ4v) is 10.4. The maximum Gasteiger partial charge on any atom is -0.00489 e. The van der Waals surface area contributed by atoms with E-state index in [1.54, 1.807) is 51.4 Å². The van der Waals surface area contributed by atoms with Crippen LogP contribution < -0.4 is 5.32 Å². The van der Waals surface area contributed by atoms with Gasteiger partial charge >= 0.3 is 0 Å². The molecule has 4 saturated carbocycles. The van der Waals surface area contributed by atoms with Crippen molar-refractivity contribution in [3.8, 4) is 0 Å². The summed E-state index contributed by atoms with van der Waals surface area (Å²) in [4.78, 5) is 0. The molecule has 0 saturated heterocycles. The van der Waals surface area contributed by atoms with Crippen LogP contribution in [0.3, 0.4) is 0 Å². The van der Waals surface area contributed by atoms with Crippen molar-refractivity contribution in [1.82, 2.24) is 5.32 Å². The van der Waals surface area contributed by atoms with Crippen molar-refractivity contribution >= 4 is 0 Å². The minimum absolute atomic E-state index is 0.683. The van der Waals surface area contributed by atoms with Crippen LogP contribution in [-0.2, 0) is 0 Å². The van der Waals surface area contributed by atoms with Crippen molar-refractivity contribution in [3.63, 3.8) is 0 Å². The summed E-state index contributed by atoms with van der Waals surface area (Å²) in [6.07, 6.45) is 34.4. The predicted molar refractivity (Wildman–Crippen MR) is 158 cm³/mol. The lowest BCUT2D eigenvalue weighted by Crippen LogP contribution is -2.52. The number of hydrogen-bond donors (Lipinski definition) is 1. The molecule has 0 amide bonds. The topological polar surface area (TPSA) is 12.0 Å². The molecule has 7 atom stereocenters. The fraction of sp³-hybridized carbons (Fsp3) is 1.00. The quantitative estimate of drug-likeness (QED) is 0.208.